The quantitative estimate of drug-likeness (QED) is 0.238. The second-order valence-electron chi connectivity index (χ2n) is 8.90. The van der Waals surface area contributed by atoms with Crippen molar-refractivity contribution >= 4 is 33.4 Å². The number of benzene rings is 2. The Balaban J connectivity index is 1.65. The number of nitrogens with one attached hydrogen (secondary N) is 1. The van der Waals surface area contributed by atoms with Crippen LogP contribution in [0.4, 0.5) is 13.2 Å². The first-order chi connectivity index (χ1) is 18.2. The summed E-state index contributed by atoms with van der Waals surface area (Å²) in [5, 5.41) is 2.30. The molecule has 0 spiro atoms. The normalized spacial score (nSPS) is 11.9. The molecule has 0 fully saturated rings. The fourth-order valence-electron chi connectivity index (χ4n) is 4.76. The van der Waals surface area contributed by atoms with E-state index in [0.29, 0.717) is 44.8 Å². The van der Waals surface area contributed by atoms with Crippen molar-refractivity contribution in [2.45, 2.75) is 20.0 Å². The average Bonchev–Trinajstić information content (AvgIpc) is 3.37. The summed E-state index contributed by atoms with van der Waals surface area (Å²) < 4.78 is 40.6. The van der Waals surface area contributed by atoms with Gasteiger partial charge in [0, 0.05) is 46.1 Å². The van der Waals surface area contributed by atoms with Crippen LogP contribution in [0.3, 0.4) is 0 Å². The standard InChI is InChI=1S/C28H18ClF3N6/c1-14-3-5-16(28(30,31)32)11-20(14)23-18-6-4-15(2)22(17(18)7-9-33-23)25-21(12-35-27(29)38-25)24-19-8-10-34-26(19)37-13-36-24/h3-13H,1-2H3,(H,34,36,37). The van der Waals surface area contributed by atoms with Gasteiger partial charge in [0.15, 0.2) is 0 Å². The summed E-state index contributed by atoms with van der Waals surface area (Å²) in [6.45, 7) is 3.71. The van der Waals surface area contributed by atoms with Crippen LogP contribution in [0.25, 0.3) is 55.6 Å². The van der Waals surface area contributed by atoms with E-state index in [4.69, 9.17) is 11.6 Å². The Labute approximate surface area is 219 Å². The highest BCUT2D eigenvalue weighted by Gasteiger charge is 2.31. The minimum absolute atomic E-state index is 0.0579. The molecule has 0 amide bonds. The first-order valence-electron chi connectivity index (χ1n) is 11.6. The monoisotopic (exact) mass is 530 g/mol. The largest absolute Gasteiger partial charge is 0.416 e. The van der Waals surface area contributed by atoms with Crippen molar-refractivity contribution < 1.29 is 13.2 Å². The number of rotatable bonds is 3. The maximum atomic E-state index is 13.5. The Morgan fingerprint density at radius 3 is 2.37 bits per heavy atom. The molecule has 4 aromatic heterocycles. The fraction of sp³-hybridized carbons (Fsp3) is 0.107. The van der Waals surface area contributed by atoms with E-state index in [0.717, 1.165) is 34.0 Å². The summed E-state index contributed by atoms with van der Waals surface area (Å²) in [4.78, 5) is 25.2. The first-order valence-corrected chi connectivity index (χ1v) is 12.0. The molecule has 0 saturated heterocycles. The molecule has 0 aliphatic rings. The van der Waals surface area contributed by atoms with Gasteiger partial charge in [-0.25, -0.2) is 19.9 Å². The van der Waals surface area contributed by atoms with E-state index in [-0.39, 0.29) is 5.28 Å². The third-order valence-corrected chi connectivity index (χ3v) is 6.76. The third kappa shape index (κ3) is 3.95. The highest BCUT2D eigenvalue weighted by Crippen LogP contribution is 2.41. The molecule has 6 nitrogen and oxygen atoms in total. The first kappa shape index (κ1) is 24.0. The number of aryl methyl sites for hydroxylation is 2. The number of alkyl halides is 3. The van der Waals surface area contributed by atoms with Gasteiger partial charge in [-0.2, -0.15) is 13.2 Å². The maximum Gasteiger partial charge on any atom is 0.416 e. The summed E-state index contributed by atoms with van der Waals surface area (Å²) in [6, 6.07) is 11.2. The SMILES string of the molecule is Cc1ccc(C(F)(F)F)cc1-c1nccc2c(-c3nc(Cl)ncc3-c3ncnc4[nH]ccc34)c(C)ccc12. The van der Waals surface area contributed by atoms with Crippen LogP contribution in [0.5, 0.6) is 0 Å². The second-order valence-corrected chi connectivity index (χ2v) is 9.24. The highest BCUT2D eigenvalue weighted by molar-refractivity contribution is 6.28. The second kappa shape index (κ2) is 8.88. The van der Waals surface area contributed by atoms with Gasteiger partial charge < -0.3 is 4.98 Å². The van der Waals surface area contributed by atoms with Crippen LogP contribution in [0.15, 0.2) is 67.4 Å². The summed E-state index contributed by atoms with van der Waals surface area (Å²) in [6.07, 6.45) is 1.98. The van der Waals surface area contributed by atoms with Gasteiger partial charge in [-0.05, 0) is 66.2 Å². The van der Waals surface area contributed by atoms with Crippen molar-refractivity contribution in [3.05, 3.63) is 89.4 Å². The Hall–Kier alpha value is -4.37. The van der Waals surface area contributed by atoms with Crippen molar-refractivity contribution in [2.75, 3.05) is 0 Å². The van der Waals surface area contributed by atoms with Gasteiger partial charge in [0.2, 0.25) is 5.28 Å². The molecule has 1 N–H and O–H groups in total. The number of fused-ring (bicyclic) bond motifs is 2. The summed E-state index contributed by atoms with van der Waals surface area (Å²) in [5.41, 5.74) is 4.95. The molecule has 0 aliphatic heterocycles. The Bertz CT molecular complexity index is 1860. The average molecular weight is 531 g/mol. The minimum Gasteiger partial charge on any atom is -0.346 e. The third-order valence-electron chi connectivity index (χ3n) is 6.58. The molecule has 38 heavy (non-hydrogen) atoms. The minimum atomic E-state index is -4.47. The molecule has 6 aromatic rings. The lowest BCUT2D eigenvalue weighted by Crippen LogP contribution is -2.05. The van der Waals surface area contributed by atoms with Gasteiger partial charge in [0.25, 0.3) is 0 Å². The van der Waals surface area contributed by atoms with Crippen molar-refractivity contribution in [3.63, 3.8) is 0 Å². The lowest BCUT2D eigenvalue weighted by molar-refractivity contribution is -0.137. The van der Waals surface area contributed by atoms with Gasteiger partial charge in [0.05, 0.1) is 22.6 Å². The topological polar surface area (TPSA) is 80.2 Å². The molecule has 0 bridgehead atoms. The molecular weight excluding hydrogens is 513 g/mol. The fourth-order valence-corrected chi connectivity index (χ4v) is 4.89. The lowest BCUT2D eigenvalue weighted by atomic mass is 9.91. The Kier molecular flexibility index (Phi) is 5.61. The highest BCUT2D eigenvalue weighted by atomic mass is 35.5. The van der Waals surface area contributed by atoms with E-state index in [1.54, 1.807) is 25.5 Å². The van der Waals surface area contributed by atoms with Crippen molar-refractivity contribution in [1.82, 2.24) is 29.9 Å². The van der Waals surface area contributed by atoms with Gasteiger partial charge in [0.1, 0.15) is 12.0 Å². The number of aromatic amines is 1. The molecular formula is C28H18ClF3N6. The molecule has 0 saturated carbocycles. The summed E-state index contributed by atoms with van der Waals surface area (Å²) >= 11 is 6.28. The number of hydrogen-bond donors (Lipinski definition) is 1. The van der Waals surface area contributed by atoms with Crippen LogP contribution in [-0.4, -0.2) is 29.9 Å². The lowest BCUT2D eigenvalue weighted by Gasteiger charge is -2.17. The number of aromatic nitrogens is 6. The molecule has 4 heterocycles. The van der Waals surface area contributed by atoms with Gasteiger partial charge >= 0.3 is 6.18 Å². The molecule has 0 unspecified atom stereocenters. The van der Waals surface area contributed by atoms with E-state index < -0.39 is 11.7 Å². The van der Waals surface area contributed by atoms with Crippen LogP contribution in [0.1, 0.15) is 16.7 Å². The summed E-state index contributed by atoms with van der Waals surface area (Å²) in [5.74, 6) is 0. The Morgan fingerprint density at radius 1 is 0.763 bits per heavy atom. The number of pyridine rings is 1. The van der Waals surface area contributed by atoms with E-state index >= 15 is 0 Å². The van der Waals surface area contributed by atoms with Gasteiger partial charge in [-0.1, -0.05) is 18.2 Å². The van der Waals surface area contributed by atoms with E-state index in [1.165, 1.54) is 12.4 Å². The molecule has 0 atom stereocenters. The van der Waals surface area contributed by atoms with Crippen molar-refractivity contribution in [1.29, 1.82) is 0 Å². The maximum absolute atomic E-state index is 13.5. The number of halogens is 4. The number of nitrogens with zero attached hydrogens (tertiary/aromatic N) is 5. The molecule has 2 aromatic carbocycles. The van der Waals surface area contributed by atoms with Crippen LogP contribution < -0.4 is 0 Å². The van der Waals surface area contributed by atoms with Crippen LogP contribution in [0, 0.1) is 13.8 Å². The predicted molar refractivity (Wildman–Crippen MR) is 141 cm³/mol. The smallest absolute Gasteiger partial charge is 0.346 e. The number of hydrogen-bond acceptors (Lipinski definition) is 5. The van der Waals surface area contributed by atoms with Crippen LogP contribution in [0.2, 0.25) is 5.28 Å². The van der Waals surface area contributed by atoms with E-state index in [1.807, 2.05) is 31.2 Å². The zero-order valence-corrected chi connectivity index (χ0v) is 20.9. The zero-order valence-electron chi connectivity index (χ0n) is 20.1. The van der Waals surface area contributed by atoms with E-state index in [2.05, 4.69) is 29.9 Å². The van der Waals surface area contributed by atoms with Gasteiger partial charge in [-0.3, -0.25) is 4.98 Å². The van der Waals surface area contributed by atoms with Crippen molar-refractivity contribution in [3.8, 4) is 33.8 Å². The molecule has 6 rings (SSSR count). The van der Waals surface area contributed by atoms with Gasteiger partial charge in [-0.15, -0.1) is 0 Å². The predicted octanol–water partition coefficient (Wildman–Crippen LogP) is 7.59. The molecule has 0 radical (unpaired) electrons. The molecule has 10 heteroatoms. The van der Waals surface area contributed by atoms with Crippen LogP contribution >= 0.6 is 11.6 Å². The summed E-state index contributed by atoms with van der Waals surface area (Å²) in [7, 11) is 0. The van der Waals surface area contributed by atoms with E-state index in [9.17, 15) is 13.2 Å². The van der Waals surface area contributed by atoms with Crippen molar-refractivity contribution in [2.24, 2.45) is 0 Å². The Morgan fingerprint density at radius 2 is 1.55 bits per heavy atom. The molecule has 188 valence electrons. The molecule has 0 aliphatic carbocycles. The zero-order chi connectivity index (χ0) is 26.6. The van der Waals surface area contributed by atoms with Crippen LogP contribution in [-0.2, 0) is 6.18 Å². The number of H-pyrrole nitrogens is 1.